The van der Waals surface area contributed by atoms with Crippen molar-refractivity contribution in [1.82, 2.24) is 20.4 Å². The molecule has 0 saturated carbocycles. The second-order valence-electron chi connectivity index (χ2n) is 6.00. The van der Waals surface area contributed by atoms with Crippen molar-refractivity contribution in [3.8, 4) is 11.5 Å². The summed E-state index contributed by atoms with van der Waals surface area (Å²) in [7, 11) is 0. The minimum absolute atomic E-state index is 0.143. The first-order valence-corrected chi connectivity index (χ1v) is 7.40. The van der Waals surface area contributed by atoms with E-state index in [-0.39, 0.29) is 11.8 Å². The van der Waals surface area contributed by atoms with Crippen molar-refractivity contribution in [2.24, 2.45) is 0 Å². The van der Waals surface area contributed by atoms with E-state index in [1.807, 2.05) is 0 Å². The third-order valence-corrected chi connectivity index (χ3v) is 4.00. The number of rotatable bonds is 2. The van der Waals surface area contributed by atoms with Crippen LogP contribution in [0.25, 0.3) is 11.5 Å². The van der Waals surface area contributed by atoms with Crippen LogP contribution in [0.4, 0.5) is 0 Å². The van der Waals surface area contributed by atoms with Gasteiger partial charge in [0.15, 0.2) is 5.82 Å². The number of aromatic nitrogens is 2. The van der Waals surface area contributed by atoms with E-state index < -0.39 is 5.54 Å². The zero-order valence-electron chi connectivity index (χ0n) is 13.3. The number of hydrogen-bond donors (Lipinski definition) is 1. The maximum Gasteiger partial charge on any atom is 0.257 e. The maximum atomic E-state index is 12.7. The lowest BCUT2D eigenvalue weighted by Crippen LogP contribution is -2.63. The normalized spacial score (nSPS) is 17.0. The van der Waals surface area contributed by atoms with E-state index in [0.29, 0.717) is 30.4 Å². The van der Waals surface area contributed by atoms with Crippen molar-refractivity contribution >= 4 is 11.8 Å². The molecule has 23 heavy (non-hydrogen) atoms. The van der Waals surface area contributed by atoms with Crippen molar-refractivity contribution in [3.63, 3.8) is 0 Å². The Morgan fingerprint density at radius 3 is 2.61 bits per heavy atom. The molecule has 1 aromatic heterocycles. The highest BCUT2D eigenvalue weighted by Gasteiger charge is 2.40. The molecule has 0 aliphatic carbocycles. The average Bonchev–Trinajstić information content (AvgIpc) is 2.96. The van der Waals surface area contributed by atoms with Gasteiger partial charge in [0.1, 0.15) is 5.54 Å². The molecule has 7 nitrogen and oxygen atoms in total. The number of piperazine rings is 1. The molecule has 2 amide bonds. The molecule has 1 N–H and O–H groups in total. The number of hydrogen-bond acceptors (Lipinski definition) is 5. The molecule has 0 unspecified atom stereocenters. The van der Waals surface area contributed by atoms with Crippen molar-refractivity contribution in [3.05, 3.63) is 35.7 Å². The summed E-state index contributed by atoms with van der Waals surface area (Å²) in [5, 5.41) is 6.53. The van der Waals surface area contributed by atoms with Crippen LogP contribution in [0.2, 0.25) is 0 Å². The molecule has 3 rings (SSSR count). The quantitative estimate of drug-likeness (QED) is 0.905. The summed E-state index contributed by atoms with van der Waals surface area (Å²) in [6.07, 6.45) is 0. The lowest BCUT2D eigenvalue weighted by Gasteiger charge is -2.41. The van der Waals surface area contributed by atoms with E-state index >= 15 is 0 Å². The van der Waals surface area contributed by atoms with Crippen LogP contribution >= 0.6 is 0 Å². The molecule has 0 radical (unpaired) electrons. The van der Waals surface area contributed by atoms with E-state index in [2.05, 4.69) is 15.5 Å². The predicted octanol–water partition coefficient (Wildman–Crippen LogP) is 1.40. The SMILES string of the molecule is Cc1noc(-c2ccc(C(=O)N3CCNC(=O)C3(C)C)cc2)n1. The van der Waals surface area contributed by atoms with Crippen LogP contribution in [-0.4, -0.2) is 45.5 Å². The van der Waals surface area contributed by atoms with Crippen LogP contribution in [0.1, 0.15) is 30.0 Å². The number of amides is 2. The Hall–Kier alpha value is -2.70. The third-order valence-electron chi connectivity index (χ3n) is 4.00. The van der Waals surface area contributed by atoms with Gasteiger partial charge in [0.2, 0.25) is 5.91 Å². The third kappa shape index (κ3) is 2.69. The molecular weight excluding hydrogens is 296 g/mol. The van der Waals surface area contributed by atoms with Gasteiger partial charge in [0.05, 0.1) is 0 Å². The lowest BCUT2D eigenvalue weighted by molar-refractivity contribution is -0.133. The molecule has 1 fully saturated rings. The van der Waals surface area contributed by atoms with Crippen molar-refractivity contribution < 1.29 is 14.1 Å². The molecular formula is C16H18N4O3. The fourth-order valence-corrected chi connectivity index (χ4v) is 2.58. The molecule has 2 heterocycles. The van der Waals surface area contributed by atoms with Crippen LogP contribution in [0.15, 0.2) is 28.8 Å². The minimum atomic E-state index is -0.863. The zero-order valence-corrected chi connectivity index (χ0v) is 13.3. The van der Waals surface area contributed by atoms with Gasteiger partial charge < -0.3 is 14.7 Å². The second kappa shape index (κ2) is 5.49. The molecule has 1 saturated heterocycles. The van der Waals surface area contributed by atoms with E-state index in [1.54, 1.807) is 49.9 Å². The first-order chi connectivity index (χ1) is 10.9. The van der Waals surface area contributed by atoms with Crippen LogP contribution in [0.5, 0.6) is 0 Å². The predicted molar refractivity (Wildman–Crippen MR) is 82.6 cm³/mol. The first kappa shape index (κ1) is 15.2. The van der Waals surface area contributed by atoms with Gasteiger partial charge in [-0.15, -0.1) is 0 Å². The summed E-state index contributed by atoms with van der Waals surface area (Å²) in [5.74, 6) is 0.661. The van der Waals surface area contributed by atoms with Gasteiger partial charge in [0, 0.05) is 24.2 Å². The zero-order chi connectivity index (χ0) is 16.6. The largest absolute Gasteiger partial charge is 0.352 e. The summed E-state index contributed by atoms with van der Waals surface area (Å²) >= 11 is 0. The lowest BCUT2D eigenvalue weighted by atomic mass is 9.97. The number of nitrogens with zero attached hydrogens (tertiary/aromatic N) is 3. The van der Waals surface area contributed by atoms with Crippen molar-refractivity contribution in [2.45, 2.75) is 26.3 Å². The highest BCUT2D eigenvalue weighted by Crippen LogP contribution is 2.23. The summed E-state index contributed by atoms with van der Waals surface area (Å²) in [5.41, 5.74) is 0.406. The summed E-state index contributed by atoms with van der Waals surface area (Å²) in [4.78, 5) is 30.4. The molecule has 0 bridgehead atoms. The van der Waals surface area contributed by atoms with Crippen LogP contribution < -0.4 is 5.32 Å². The van der Waals surface area contributed by atoms with E-state index in [1.165, 1.54) is 0 Å². The van der Waals surface area contributed by atoms with Crippen LogP contribution in [-0.2, 0) is 4.79 Å². The number of nitrogens with one attached hydrogen (secondary N) is 1. The smallest absolute Gasteiger partial charge is 0.257 e. The molecule has 120 valence electrons. The fraction of sp³-hybridized carbons (Fsp3) is 0.375. The topological polar surface area (TPSA) is 88.3 Å². The highest BCUT2D eigenvalue weighted by atomic mass is 16.5. The Balaban J connectivity index is 1.84. The number of carbonyl (C=O) groups excluding carboxylic acids is 2. The summed E-state index contributed by atoms with van der Waals surface area (Å²) in [6.45, 7) is 6.19. The van der Waals surface area contributed by atoms with E-state index in [0.717, 1.165) is 5.56 Å². The van der Waals surface area contributed by atoms with E-state index in [9.17, 15) is 9.59 Å². The molecule has 0 atom stereocenters. The van der Waals surface area contributed by atoms with Crippen LogP contribution in [0.3, 0.4) is 0 Å². The second-order valence-corrected chi connectivity index (χ2v) is 6.00. The van der Waals surface area contributed by atoms with Gasteiger partial charge in [-0.2, -0.15) is 4.98 Å². The van der Waals surface area contributed by atoms with Gasteiger partial charge in [-0.25, -0.2) is 0 Å². The molecule has 1 aliphatic rings. The molecule has 1 aromatic carbocycles. The molecule has 1 aliphatic heterocycles. The molecule has 7 heteroatoms. The Kier molecular flexibility index (Phi) is 3.63. The first-order valence-electron chi connectivity index (χ1n) is 7.40. The molecule has 2 aromatic rings. The van der Waals surface area contributed by atoms with E-state index in [4.69, 9.17) is 4.52 Å². The van der Waals surface area contributed by atoms with Crippen molar-refractivity contribution in [1.29, 1.82) is 0 Å². The van der Waals surface area contributed by atoms with Gasteiger partial charge >= 0.3 is 0 Å². The van der Waals surface area contributed by atoms with Crippen molar-refractivity contribution in [2.75, 3.05) is 13.1 Å². The van der Waals surface area contributed by atoms with Crippen LogP contribution in [0, 0.1) is 6.92 Å². The number of aryl methyl sites for hydroxylation is 1. The Labute approximate surface area is 133 Å². The fourth-order valence-electron chi connectivity index (χ4n) is 2.58. The minimum Gasteiger partial charge on any atom is -0.352 e. The standard InChI is InChI=1S/C16H18N4O3/c1-10-18-13(23-19-10)11-4-6-12(7-5-11)14(21)20-9-8-17-15(22)16(20,2)3/h4-7H,8-9H2,1-3H3,(H,17,22). The number of benzene rings is 1. The van der Waals surface area contributed by atoms with Gasteiger partial charge in [-0.05, 0) is 45.0 Å². The Morgan fingerprint density at radius 1 is 1.30 bits per heavy atom. The Morgan fingerprint density at radius 2 is 2.00 bits per heavy atom. The average molecular weight is 314 g/mol. The highest BCUT2D eigenvalue weighted by molar-refractivity contribution is 5.99. The molecule has 0 spiro atoms. The van der Waals surface area contributed by atoms with Gasteiger partial charge in [0.25, 0.3) is 11.8 Å². The van der Waals surface area contributed by atoms with Gasteiger partial charge in [-0.3, -0.25) is 9.59 Å². The summed E-state index contributed by atoms with van der Waals surface area (Å²) < 4.78 is 5.10. The number of carbonyl (C=O) groups is 2. The monoisotopic (exact) mass is 314 g/mol. The Bertz CT molecular complexity index is 749. The summed E-state index contributed by atoms with van der Waals surface area (Å²) in [6, 6.07) is 6.94. The van der Waals surface area contributed by atoms with Gasteiger partial charge in [-0.1, -0.05) is 5.16 Å². The maximum absolute atomic E-state index is 12.7.